The lowest BCUT2D eigenvalue weighted by Crippen LogP contribution is -1.87. The van der Waals surface area contributed by atoms with Gasteiger partial charge in [-0.05, 0) is 11.6 Å². The number of rotatable bonds is 2. The molecule has 0 atom stereocenters. The zero-order valence-corrected chi connectivity index (χ0v) is 6.37. The smallest absolute Gasteiger partial charge is 0.0724 e. The third-order valence-electron chi connectivity index (χ3n) is 0.795. The van der Waals surface area contributed by atoms with Crippen LogP contribution in [0.1, 0.15) is 17.9 Å². The van der Waals surface area contributed by atoms with Crippen LogP contribution in [-0.4, -0.2) is 7.04 Å². The molecule has 1 rings (SSSR count). The van der Waals surface area contributed by atoms with Gasteiger partial charge < -0.3 is 4.74 Å². The lowest BCUT2D eigenvalue weighted by atomic mass is 10.2. The lowest BCUT2D eigenvalue weighted by molar-refractivity contribution is 0.184. The maximum atomic E-state index is 7.61. The molecule has 0 fully saturated rings. The van der Waals surface area contributed by atoms with Gasteiger partial charge in [0.25, 0.3) is 0 Å². The average molecular weight is 210 g/mol. The van der Waals surface area contributed by atoms with Crippen LogP contribution in [0.15, 0.2) is 28.6 Å². The van der Waals surface area contributed by atoms with Gasteiger partial charge in [0.2, 0.25) is 0 Å². The Morgan fingerprint density at radius 2 is 2.60 bits per heavy atom. The van der Waals surface area contributed by atoms with E-state index in [1.807, 2.05) is 0 Å². The molecule has 0 bridgehead atoms. The monoisotopic (exact) mass is 209 g/mol. The van der Waals surface area contributed by atoms with Crippen LogP contribution in [0.2, 0.25) is 0 Å². The van der Waals surface area contributed by atoms with Gasteiger partial charge in [0.05, 0.1) is 18.9 Å². The summed E-state index contributed by atoms with van der Waals surface area (Å²) in [5, 5.41) is 0. The van der Waals surface area contributed by atoms with Crippen molar-refractivity contribution in [3.05, 3.63) is 34.2 Å². The zero-order chi connectivity index (χ0) is 15.2. The topological polar surface area (TPSA) is 9.23 Å². The standard InChI is InChI=1S/C8H9BrO/c1-10-6-7-4-2-3-5-8(7)9/h2-5H,6H2,1H3/i1D3,2D,3D,4D,5D,6D2. The number of hydrogen-bond acceptors (Lipinski definition) is 1. The summed E-state index contributed by atoms with van der Waals surface area (Å²) in [5.41, 5.74) is -0.588. The van der Waals surface area contributed by atoms with Crippen LogP contribution in [0.25, 0.3) is 0 Å². The molecule has 54 valence electrons. The van der Waals surface area contributed by atoms with Crippen molar-refractivity contribution in [3.63, 3.8) is 0 Å². The Morgan fingerprint density at radius 3 is 3.40 bits per heavy atom. The Labute approximate surface area is 81.8 Å². The molecule has 0 aliphatic heterocycles. The van der Waals surface area contributed by atoms with Crippen molar-refractivity contribution < 1.29 is 17.1 Å². The van der Waals surface area contributed by atoms with Gasteiger partial charge in [-0.2, -0.15) is 0 Å². The van der Waals surface area contributed by atoms with E-state index in [4.69, 9.17) is 12.3 Å². The third-order valence-corrected chi connectivity index (χ3v) is 1.39. The van der Waals surface area contributed by atoms with Crippen molar-refractivity contribution in [2.45, 2.75) is 6.56 Å². The van der Waals surface area contributed by atoms with E-state index >= 15 is 0 Å². The molecule has 10 heavy (non-hydrogen) atoms. The van der Waals surface area contributed by atoms with Crippen molar-refractivity contribution in [2.75, 3.05) is 7.04 Å². The molecule has 0 amide bonds. The van der Waals surface area contributed by atoms with Crippen molar-refractivity contribution in [2.24, 2.45) is 0 Å². The number of halogens is 1. The molecule has 0 N–H and O–H groups in total. The molecular formula is C8H9BrO. The van der Waals surface area contributed by atoms with Gasteiger partial charge in [0, 0.05) is 11.5 Å². The molecule has 0 spiro atoms. The second-order valence-electron chi connectivity index (χ2n) is 1.39. The molecule has 0 aliphatic rings. The number of ether oxygens (including phenoxy) is 1. The van der Waals surface area contributed by atoms with Crippen molar-refractivity contribution in [1.29, 1.82) is 0 Å². The molecule has 2 heteroatoms. The van der Waals surface area contributed by atoms with Crippen LogP contribution >= 0.6 is 15.9 Å². The van der Waals surface area contributed by atoms with E-state index in [0.29, 0.717) is 0 Å². The third kappa shape index (κ3) is 1.82. The molecule has 0 heterocycles. The lowest BCUT2D eigenvalue weighted by Gasteiger charge is -2.00. The highest BCUT2D eigenvalue weighted by Crippen LogP contribution is 2.15. The number of benzene rings is 1. The van der Waals surface area contributed by atoms with Crippen molar-refractivity contribution in [3.8, 4) is 0 Å². The first kappa shape index (κ1) is 2.08. The largest absolute Gasteiger partial charge is 0.380 e. The van der Waals surface area contributed by atoms with Gasteiger partial charge in [-0.25, -0.2) is 0 Å². The Hall–Kier alpha value is -0.340. The van der Waals surface area contributed by atoms with Gasteiger partial charge >= 0.3 is 0 Å². The van der Waals surface area contributed by atoms with E-state index in [1.165, 1.54) is 0 Å². The van der Waals surface area contributed by atoms with Crippen LogP contribution in [-0.2, 0) is 11.3 Å². The van der Waals surface area contributed by atoms with Crippen LogP contribution in [0.3, 0.4) is 0 Å². The highest BCUT2D eigenvalue weighted by atomic mass is 79.9. The van der Waals surface area contributed by atoms with Gasteiger partial charge in [-0.1, -0.05) is 34.1 Å². The Bertz CT molecular complexity index is 481. The summed E-state index contributed by atoms with van der Waals surface area (Å²) in [6, 6.07) is -2.41. The van der Waals surface area contributed by atoms with Crippen LogP contribution in [0, 0.1) is 0 Å². The summed E-state index contributed by atoms with van der Waals surface area (Å²) in [7, 11) is -3.04. The van der Waals surface area contributed by atoms with E-state index in [-0.39, 0.29) is 4.47 Å². The minimum atomic E-state index is -3.04. The van der Waals surface area contributed by atoms with E-state index in [9.17, 15) is 0 Å². The highest BCUT2D eigenvalue weighted by Gasteiger charge is 1.94. The Balaban J connectivity index is 3.51. The molecule has 1 aromatic carbocycles. The number of methoxy groups -OCH3 is 1. The molecule has 0 saturated heterocycles. The summed E-state index contributed by atoms with van der Waals surface area (Å²) in [6.45, 7) is -2.89. The summed E-state index contributed by atoms with van der Waals surface area (Å²) in [5.74, 6) is 0. The van der Waals surface area contributed by atoms with Crippen LogP contribution < -0.4 is 0 Å². The summed E-state index contributed by atoms with van der Waals surface area (Å²) in [4.78, 5) is 0. The van der Waals surface area contributed by atoms with Gasteiger partial charge in [-0.15, -0.1) is 0 Å². The highest BCUT2D eigenvalue weighted by molar-refractivity contribution is 9.10. The van der Waals surface area contributed by atoms with Crippen molar-refractivity contribution in [1.82, 2.24) is 0 Å². The van der Waals surface area contributed by atoms with E-state index < -0.39 is 43.3 Å². The molecule has 0 aliphatic carbocycles. The fraction of sp³-hybridized carbons (Fsp3) is 0.250. The van der Waals surface area contributed by atoms with Gasteiger partial charge in [-0.3, -0.25) is 0 Å². The van der Waals surface area contributed by atoms with Crippen LogP contribution in [0.4, 0.5) is 0 Å². The Morgan fingerprint density at radius 1 is 1.80 bits per heavy atom. The molecule has 0 unspecified atom stereocenters. The second-order valence-corrected chi connectivity index (χ2v) is 2.19. The maximum absolute atomic E-state index is 7.61. The second kappa shape index (κ2) is 3.74. The molecule has 0 radical (unpaired) electrons. The van der Waals surface area contributed by atoms with E-state index in [0.717, 1.165) is 0 Å². The summed E-state index contributed by atoms with van der Waals surface area (Å²) in [6.07, 6.45) is 0. The quantitative estimate of drug-likeness (QED) is 0.728. The summed E-state index contributed by atoms with van der Waals surface area (Å²) >= 11 is 2.84. The molecular weight excluding hydrogens is 192 g/mol. The fourth-order valence-corrected chi connectivity index (χ4v) is 0.698. The first-order valence-corrected chi connectivity index (χ1v) is 3.14. The number of hydrogen-bond donors (Lipinski definition) is 0. The Kier molecular flexibility index (Phi) is 0.778. The van der Waals surface area contributed by atoms with E-state index in [1.54, 1.807) is 0 Å². The zero-order valence-electron chi connectivity index (χ0n) is 13.8. The minimum Gasteiger partial charge on any atom is -0.380 e. The first-order valence-electron chi connectivity index (χ1n) is 6.85. The van der Waals surface area contributed by atoms with Crippen molar-refractivity contribution >= 4 is 15.9 Å². The summed E-state index contributed by atoms with van der Waals surface area (Å²) < 4.78 is 69.8. The van der Waals surface area contributed by atoms with Gasteiger partial charge in [0.1, 0.15) is 0 Å². The average Bonchev–Trinajstić information content (AvgIpc) is 2.20. The molecule has 1 aromatic rings. The van der Waals surface area contributed by atoms with Crippen LogP contribution in [0.5, 0.6) is 0 Å². The fourth-order valence-electron chi connectivity index (χ4n) is 0.419. The molecule has 1 nitrogen and oxygen atoms in total. The molecule has 0 aromatic heterocycles. The molecule has 0 saturated carbocycles. The normalized spacial score (nSPS) is 25.5. The SMILES string of the molecule is [2H]c1c([2H])c([2H])c(C([2H])([2H])OC([2H])([2H])[2H])c(Br)c1[2H]. The maximum Gasteiger partial charge on any atom is 0.0724 e. The van der Waals surface area contributed by atoms with Gasteiger partial charge in [0.15, 0.2) is 0 Å². The van der Waals surface area contributed by atoms with E-state index in [2.05, 4.69) is 20.7 Å². The predicted octanol–water partition coefficient (Wildman–Crippen LogP) is 2.60. The predicted molar refractivity (Wildman–Crippen MR) is 44.9 cm³/mol. The first-order chi connectivity index (χ1) is 8.38. The minimum absolute atomic E-state index is 0.271.